The summed E-state index contributed by atoms with van der Waals surface area (Å²) in [5.74, 6) is -0.496. The number of rotatable bonds is 11. The summed E-state index contributed by atoms with van der Waals surface area (Å²) in [6, 6.07) is 26.4. The molecule has 0 saturated heterocycles. The molecule has 3 aromatic carbocycles. The zero-order chi connectivity index (χ0) is 26.0. The van der Waals surface area contributed by atoms with Crippen molar-refractivity contribution in [3.63, 3.8) is 0 Å². The third-order valence-electron chi connectivity index (χ3n) is 5.75. The Labute approximate surface area is 214 Å². The van der Waals surface area contributed by atoms with Crippen molar-refractivity contribution in [2.24, 2.45) is 0 Å². The van der Waals surface area contributed by atoms with Gasteiger partial charge in [0.05, 0.1) is 12.8 Å². The molecule has 2 atom stereocenters. The van der Waals surface area contributed by atoms with Gasteiger partial charge in [-0.25, -0.2) is 14.6 Å². The number of amides is 1. The molecule has 4 aromatic rings. The fourth-order valence-electron chi connectivity index (χ4n) is 3.71. The van der Waals surface area contributed by atoms with Gasteiger partial charge in [0.2, 0.25) is 11.8 Å². The highest BCUT2D eigenvalue weighted by molar-refractivity contribution is 5.83. The summed E-state index contributed by atoms with van der Waals surface area (Å²) in [6.45, 7) is 1.95. The van der Waals surface area contributed by atoms with Gasteiger partial charge >= 0.3 is 12.1 Å². The average molecular weight is 501 g/mol. The molecule has 0 bridgehead atoms. The molecule has 0 aliphatic rings. The molecule has 0 aliphatic carbocycles. The molecule has 2 N–H and O–H groups in total. The summed E-state index contributed by atoms with van der Waals surface area (Å²) >= 11 is 0. The van der Waals surface area contributed by atoms with E-state index in [1.165, 1.54) is 6.20 Å². The number of oxazole rings is 1. The van der Waals surface area contributed by atoms with Crippen LogP contribution in [0.4, 0.5) is 10.7 Å². The number of ether oxygens (including phenoxy) is 2. The number of carboxylic acids is 1. The third kappa shape index (κ3) is 7.52. The number of carbonyl (C=O) groups is 2. The van der Waals surface area contributed by atoms with Crippen LogP contribution >= 0.6 is 0 Å². The molecule has 0 aliphatic heterocycles. The van der Waals surface area contributed by atoms with Crippen LogP contribution in [0.25, 0.3) is 11.5 Å². The number of aromatic nitrogens is 1. The molecule has 4 rings (SSSR count). The molecule has 0 radical (unpaired) electrons. The molecule has 1 heterocycles. The van der Waals surface area contributed by atoms with Gasteiger partial charge in [0, 0.05) is 5.56 Å². The van der Waals surface area contributed by atoms with E-state index < -0.39 is 24.3 Å². The number of benzene rings is 3. The molecule has 8 heteroatoms. The zero-order valence-electron chi connectivity index (χ0n) is 20.4. The lowest BCUT2D eigenvalue weighted by molar-refractivity contribution is -0.151. The van der Waals surface area contributed by atoms with E-state index >= 15 is 0 Å². The van der Waals surface area contributed by atoms with E-state index in [0.29, 0.717) is 24.3 Å². The molecular formula is C29H28N2O6. The SMILES string of the molecule is CC(OC(=O)Nc1cnc(-c2ccc(COC(CCc3ccccc3)C(=O)O)cc2)o1)c1ccccc1. The van der Waals surface area contributed by atoms with Crippen LogP contribution in [0.1, 0.15) is 36.1 Å². The molecule has 8 nitrogen and oxygen atoms in total. The van der Waals surface area contributed by atoms with E-state index in [9.17, 15) is 14.7 Å². The second-order valence-electron chi connectivity index (χ2n) is 8.47. The van der Waals surface area contributed by atoms with Gasteiger partial charge in [0.1, 0.15) is 6.10 Å². The number of anilines is 1. The zero-order valence-corrected chi connectivity index (χ0v) is 20.4. The van der Waals surface area contributed by atoms with Crippen molar-refractivity contribution in [3.05, 3.63) is 108 Å². The molecule has 2 unspecified atom stereocenters. The van der Waals surface area contributed by atoms with Crippen LogP contribution in [-0.2, 0) is 27.3 Å². The summed E-state index contributed by atoms with van der Waals surface area (Å²) < 4.78 is 16.7. The van der Waals surface area contributed by atoms with Crippen molar-refractivity contribution in [2.75, 3.05) is 5.32 Å². The van der Waals surface area contributed by atoms with Crippen molar-refractivity contribution in [1.29, 1.82) is 0 Å². The predicted octanol–water partition coefficient (Wildman–Crippen LogP) is 6.25. The van der Waals surface area contributed by atoms with Crippen molar-refractivity contribution in [3.8, 4) is 11.5 Å². The van der Waals surface area contributed by atoms with Crippen LogP contribution in [0, 0.1) is 0 Å². The lowest BCUT2D eigenvalue weighted by atomic mass is 10.1. The normalized spacial score (nSPS) is 12.5. The predicted molar refractivity (Wildman–Crippen MR) is 138 cm³/mol. The van der Waals surface area contributed by atoms with Gasteiger partial charge in [-0.15, -0.1) is 0 Å². The molecule has 1 amide bonds. The topological polar surface area (TPSA) is 111 Å². The highest BCUT2D eigenvalue weighted by Crippen LogP contribution is 2.24. The van der Waals surface area contributed by atoms with Gasteiger partial charge in [-0.2, -0.15) is 0 Å². The number of hydrogen-bond donors (Lipinski definition) is 2. The number of nitrogens with zero attached hydrogens (tertiary/aromatic N) is 1. The van der Waals surface area contributed by atoms with Crippen LogP contribution in [0.15, 0.2) is 95.5 Å². The van der Waals surface area contributed by atoms with Gasteiger partial charge in [-0.1, -0.05) is 72.8 Å². The Balaban J connectivity index is 1.28. The lowest BCUT2D eigenvalue weighted by Gasteiger charge is -2.14. The Morgan fingerprint density at radius 1 is 0.946 bits per heavy atom. The Kier molecular flexibility index (Phi) is 8.67. The van der Waals surface area contributed by atoms with Gasteiger partial charge in [-0.05, 0) is 48.6 Å². The fourth-order valence-corrected chi connectivity index (χ4v) is 3.71. The molecule has 190 valence electrons. The van der Waals surface area contributed by atoms with Crippen molar-refractivity contribution in [1.82, 2.24) is 4.98 Å². The summed E-state index contributed by atoms with van der Waals surface area (Å²) in [7, 11) is 0. The van der Waals surface area contributed by atoms with Crippen molar-refractivity contribution >= 4 is 17.9 Å². The number of carboxylic acid groups (broad SMARTS) is 1. The smallest absolute Gasteiger partial charge is 0.414 e. The highest BCUT2D eigenvalue weighted by atomic mass is 16.6. The summed E-state index contributed by atoms with van der Waals surface area (Å²) in [6.07, 6.45) is 0.450. The van der Waals surface area contributed by atoms with Gasteiger partial charge < -0.3 is 19.0 Å². The van der Waals surface area contributed by atoms with Gasteiger partial charge in [0.15, 0.2) is 6.10 Å². The first kappa shape index (κ1) is 25.7. The Bertz CT molecular complexity index is 1290. The lowest BCUT2D eigenvalue weighted by Crippen LogP contribution is -2.24. The summed E-state index contributed by atoms with van der Waals surface area (Å²) in [5.41, 5.74) is 3.46. The maximum absolute atomic E-state index is 12.2. The maximum atomic E-state index is 12.2. The third-order valence-corrected chi connectivity index (χ3v) is 5.75. The van der Waals surface area contributed by atoms with E-state index in [1.807, 2.05) is 72.8 Å². The van der Waals surface area contributed by atoms with Crippen LogP contribution < -0.4 is 5.32 Å². The van der Waals surface area contributed by atoms with Crippen LogP contribution in [-0.4, -0.2) is 28.3 Å². The maximum Gasteiger partial charge on any atom is 0.414 e. The van der Waals surface area contributed by atoms with Crippen LogP contribution in [0.2, 0.25) is 0 Å². The number of nitrogens with one attached hydrogen (secondary N) is 1. The van der Waals surface area contributed by atoms with E-state index in [1.54, 1.807) is 19.1 Å². The first-order valence-electron chi connectivity index (χ1n) is 11.9. The summed E-state index contributed by atoms with van der Waals surface area (Å²) in [4.78, 5) is 28.0. The van der Waals surface area contributed by atoms with E-state index in [-0.39, 0.29) is 12.5 Å². The second-order valence-corrected chi connectivity index (χ2v) is 8.47. The van der Waals surface area contributed by atoms with E-state index in [4.69, 9.17) is 13.9 Å². The molecule has 37 heavy (non-hydrogen) atoms. The Morgan fingerprint density at radius 3 is 2.30 bits per heavy atom. The number of aliphatic carboxylic acids is 1. The van der Waals surface area contributed by atoms with Gasteiger partial charge in [-0.3, -0.25) is 5.32 Å². The first-order chi connectivity index (χ1) is 18.0. The monoisotopic (exact) mass is 500 g/mol. The van der Waals surface area contributed by atoms with Crippen LogP contribution in [0.3, 0.4) is 0 Å². The number of hydrogen-bond acceptors (Lipinski definition) is 6. The first-order valence-corrected chi connectivity index (χ1v) is 11.9. The second kappa shape index (κ2) is 12.5. The van der Waals surface area contributed by atoms with Gasteiger partial charge in [0.25, 0.3) is 0 Å². The minimum Gasteiger partial charge on any atom is -0.479 e. The molecule has 0 fully saturated rings. The van der Waals surface area contributed by atoms with Crippen molar-refractivity contribution < 1.29 is 28.6 Å². The number of carbonyl (C=O) groups excluding carboxylic acids is 1. The number of aryl methyl sites for hydroxylation is 1. The minimum absolute atomic E-state index is 0.162. The Morgan fingerprint density at radius 2 is 1.62 bits per heavy atom. The van der Waals surface area contributed by atoms with E-state index in [0.717, 1.165) is 16.7 Å². The van der Waals surface area contributed by atoms with E-state index in [2.05, 4.69) is 10.3 Å². The average Bonchev–Trinajstić information content (AvgIpc) is 3.38. The Hall–Kier alpha value is -4.43. The summed E-state index contributed by atoms with van der Waals surface area (Å²) in [5, 5.41) is 12.1. The van der Waals surface area contributed by atoms with Crippen molar-refractivity contribution in [2.45, 2.75) is 38.6 Å². The standard InChI is InChI=1S/C29H28N2O6/c1-20(23-10-6-3-7-11-23)36-29(34)31-26-18-30-27(37-26)24-15-12-22(13-16-24)19-35-25(28(32)33)17-14-21-8-4-2-5-9-21/h2-13,15-16,18,20,25H,14,17,19H2,1H3,(H,31,34)(H,32,33). The minimum atomic E-state index is -0.982. The van der Waals surface area contributed by atoms with Crippen LogP contribution in [0.5, 0.6) is 0 Å². The molecule has 0 spiro atoms. The molecular weight excluding hydrogens is 472 g/mol. The quantitative estimate of drug-likeness (QED) is 0.250. The molecule has 1 aromatic heterocycles. The fraction of sp³-hybridized carbons (Fsp3) is 0.207. The highest BCUT2D eigenvalue weighted by Gasteiger charge is 2.18. The largest absolute Gasteiger partial charge is 0.479 e. The molecule has 0 saturated carbocycles.